The maximum Gasteiger partial charge on any atom is 0.256 e. The molecule has 25 heavy (non-hydrogen) atoms. The Morgan fingerprint density at radius 2 is 2.08 bits per heavy atom. The second-order valence-corrected chi connectivity index (χ2v) is 6.74. The first-order valence-corrected chi connectivity index (χ1v) is 8.98. The van der Waals surface area contributed by atoms with Gasteiger partial charge in [-0.05, 0) is 50.8 Å². The molecule has 5 heteroatoms. The molecule has 0 fully saturated rings. The first-order valence-electron chi connectivity index (χ1n) is 8.98. The lowest BCUT2D eigenvalue weighted by atomic mass is 9.93. The van der Waals surface area contributed by atoms with Gasteiger partial charge in [-0.25, -0.2) is 0 Å². The van der Waals surface area contributed by atoms with Gasteiger partial charge in [-0.3, -0.25) is 4.79 Å². The van der Waals surface area contributed by atoms with Crippen molar-refractivity contribution < 1.29 is 14.3 Å². The molecule has 1 N–H and O–H groups in total. The van der Waals surface area contributed by atoms with Gasteiger partial charge < -0.3 is 14.8 Å². The van der Waals surface area contributed by atoms with Crippen molar-refractivity contribution in [1.82, 2.24) is 0 Å². The number of ether oxygens (including phenoxy) is 2. The maximum absolute atomic E-state index is 12.7. The van der Waals surface area contributed by atoms with Crippen LogP contribution in [0.15, 0.2) is 18.2 Å². The normalized spacial score (nSPS) is 13.2. The third-order valence-corrected chi connectivity index (χ3v) is 3.85. The predicted molar refractivity (Wildman–Crippen MR) is 99.7 cm³/mol. The molecule has 0 saturated heterocycles. The highest BCUT2D eigenvalue weighted by Gasteiger charge is 2.34. The highest BCUT2D eigenvalue weighted by atomic mass is 16.5. The molecule has 1 amide bonds. The van der Waals surface area contributed by atoms with E-state index in [-0.39, 0.29) is 5.91 Å². The van der Waals surface area contributed by atoms with E-state index in [0.29, 0.717) is 42.6 Å². The van der Waals surface area contributed by atoms with Crippen LogP contribution in [-0.4, -0.2) is 24.7 Å². The van der Waals surface area contributed by atoms with Gasteiger partial charge in [0.1, 0.15) is 17.4 Å². The van der Waals surface area contributed by atoms with Gasteiger partial charge in [0.05, 0.1) is 12.2 Å². The first-order chi connectivity index (χ1) is 11.9. The molecule has 1 rings (SSSR count). The average molecular weight is 346 g/mol. The Kier molecular flexibility index (Phi) is 8.44. The molecular formula is C20H30N2O3. The fourth-order valence-electron chi connectivity index (χ4n) is 2.73. The number of unbranched alkanes of at least 4 members (excludes halogenated alkanes) is 1. The number of nitriles is 1. The summed E-state index contributed by atoms with van der Waals surface area (Å²) in [5.74, 6) is 0.668. The van der Waals surface area contributed by atoms with Crippen LogP contribution in [-0.2, 0) is 9.53 Å². The van der Waals surface area contributed by atoms with Gasteiger partial charge >= 0.3 is 0 Å². The Morgan fingerprint density at radius 3 is 2.64 bits per heavy atom. The van der Waals surface area contributed by atoms with Crippen LogP contribution >= 0.6 is 0 Å². The molecule has 0 aliphatic carbocycles. The largest absolute Gasteiger partial charge is 0.492 e. The van der Waals surface area contributed by atoms with Crippen molar-refractivity contribution in [3.05, 3.63) is 23.8 Å². The number of rotatable bonds is 10. The molecule has 0 saturated carbocycles. The lowest BCUT2D eigenvalue weighted by Crippen LogP contribution is -2.44. The molecule has 0 bridgehead atoms. The van der Waals surface area contributed by atoms with Gasteiger partial charge in [-0.15, -0.1) is 0 Å². The van der Waals surface area contributed by atoms with E-state index < -0.39 is 5.60 Å². The molecule has 1 aromatic rings. The fraction of sp³-hybridized carbons (Fsp3) is 0.600. The summed E-state index contributed by atoms with van der Waals surface area (Å²) >= 11 is 0. The van der Waals surface area contributed by atoms with Crippen LogP contribution in [0, 0.1) is 17.2 Å². The molecule has 138 valence electrons. The van der Waals surface area contributed by atoms with Crippen molar-refractivity contribution in [3.63, 3.8) is 0 Å². The molecule has 0 aliphatic rings. The minimum Gasteiger partial charge on any atom is -0.492 e. The second-order valence-electron chi connectivity index (χ2n) is 6.74. The number of nitrogens with one attached hydrogen (secondary N) is 1. The Hall–Kier alpha value is -2.06. The SMILES string of the molecule is CCCCOc1ccc(NC(=O)C(C)(CC(C)C)OCC)cc1C#N. The third-order valence-electron chi connectivity index (χ3n) is 3.85. The quantitative estimate of drug-likeness (QED) is 0.632. The lowest BCUT2D eigenvalue weighted by Gasteiger charge is -2.30. The van der Waals surface area contributed by atoms with Crippen LogP contribution in [0.4, 0.5) is 5.69 Å². The summed E-state index contributed by atoms with van der Waals surface area (Å²) in [6.07, 6.45) is 2.59. The fourth-order valence-corrected chi connectivity index (χ4v) is 2.73. The summed E-state index contributed by atoms with van der Waals surface area (Å²) in [5.41, 5.74) is 0.0846. The van der Waals surface area contributed by atoms with E-state index in [2.05, 4.69) is 32.2 Å². The van der Waals surface area contributed by atoms with Gasteiger partial charge in [-0.1, -0.05) is 27.2 Å². The Labute approximate surface area is 151 Å². The van der Waals surface area contributed by atoms with Crippen LogP contribution in [0.3, 0.4) is 0 Å². The highest BCUT2D eigenvalue weighted by molar-refractivity contribution is 5.97. The molecule has 0 aromatic heterocycles. The minimum absolute atomic E-state index is 0.202. The van der Waals surface area contributed by atoms with E-state index in [4.69, 9.17) is 9.47 Å². The Balaban J connectivity index is 2.90. The summed E-state index contributed by atoms with van der Waals surface area (Å²) in [6, 6.07) is 7.24. The Bertz CT molecular complexity index is 607. The number of anilines is 1. The standard InChI is InChI=1S/C20H30N2O3/c1-6-8-11-24-18-10-9-17(12-16(18)14-21)22-19(23)20(5,25-7-2)13-15(3)4/h9-10,12,15H,6-8,11,13H2,1-5H3,(H,22,23). The molecule has 1 atom stereocenters. The molecule has 1 aromatic carbocycles. The Morgan fingerprint density at radius 1 is 1.36 bits per heavy atom. The van der Waals surface area contributed by atoms with E-state index in [1.807, 2.05) is 6.92 Å². The molecular weight excluding hydrogens is 316 g/mol. The number of amides is 1. The molecule has 0 aliphatic heterocycles. The number of hydrogen-bond donors (Lipinski definition) is 1. The van der Waals surface area contributed by atoms with Crippen LogP contribution in [0.5, 0.6) is 5.75 Å². The lowest BCUT2D eigenvalue weighted by molar-refractivity contribution is -0.140. The van der Waals surface area contributed by atoms with E-state index in [1.165, 1.54) is 0 Å². The van der Waals surface area contributed by atoms with Crippen LogP contribution in [0.2, 0.25) is 0 Å². The van der Waals surface area contributed by atoms with Crippen LogP contribution in [0.25, 0.3) is 0 Å². The third kappa shape index (κ3) is 6.39. The van der Waals surface area contributed by atoms with Crippen LogP contribution in [0.1, 0.15) is 59.4 Å². The zero-order chi connectivity index (χ0) is 18.9. The van der Waals surface area contributed by atoms with Gasteiger partial charge in [-0.2, -0.15) is 5.26 Å². The average Bonchev–Trinajstić information content (AvgIpc) is 2.55. The van der Waals surface area contributed by atoms with Gasteiger partial charge in [0, 0.05) is 12.3 Å². The maximum atomic E-state index is 12.7. The van der Waals surface area contributed by atoms with Crippen LogP contribution < -0.4 is 10.1 Å². The molecule has 0 heterocycles. The smallest absolute Gasteiger partial charge is 0.256 e. The molecule has 1 unspecified atom stereocenters. The van der Waals surface area contributed by atoms with Gasteiger partial charge in [0.2, 0.25) is 0 Å². The van der Waals surface area contributed by atoms with Gasteiger partial charge in [0.25, 0.3) is 5.91 Å². The highest BCUT2D eigenvalue weighted by Crippen LogP contribution is 2.26. The van der Waals surface area contributed by atoms with Crippen molar-refractivity contribution in [2.24, 2.45) is 5.92 Å². The summed E-state index contributed by atoms with van der Waals surface area (Å²) in [6.45, 7) is 10.9. The number of carbonyl (C=O) groups is 1. The van der Waals surface area contributed by atoms with Crippen molar-refractivity contribution in [2.45, 2.75) is 59.5 Å². The zero-order valence-electron chi connectivity index (χ0n) is 16.0. The first kappa shape index (κ1) is 21.0. The van der Waals surface area contributed by atoms with Gasteiger partial charge in [0.15, 0.2) is 0 Å². The zero-order valence-corrected chi connectivity index (χ0v) is 16.0. The van der Waals surface area contributed by atoms with Crippen molar-refractivity contribution in [3.8, 4) is 11.8 Å². The predicted octanol–water partition coefficient (Wildman–Crippen LogP) is 4.52. The van der Waals surface area contributed by atoms with E-state index in [1.54, 1.807) is 25.1 Å². The second kappa shape index (κ2) is 10.0. The molecule has 0 spiro atoms. The minimum atomic E-state index is -0.897. The summed E-state index contributed by atoms with van der Waals surface area (Å²) in [4.78, 5) is 12.7. The topological polar surface area (TPSA) is 71.3 Å². The number of nitrogens with zero attached hydrogens (tertiary/aromatic N) is 1. The monoisotopic (exact) mass is 346 g/mol. The van der Waals surface area contributed by atoms with E-state index >= 15 is 0 Å². The molecule has 5 nitrogen and oxygen atoms in total. The number of hydrogen-bond acceptors (Lipinski definition) is 4. The van der Waals surface area contributed by atoms with E-state index in [0.717, 1.165) is 12.8 Å². The summed E-state index contributed by atoms with van der Waals surface area (Å²) in [5, 5.41) is 12.2. The van der Waals surface area contributed by atoms with Crippen molar-refractivity contribution in [1.29, 1.82) is 5.26 Å². The van der Waals surface area contributed by atoms with Crippen molar-refractivity contribution >= 4 is 11.6 Å². The number of carbonyl (C=O) groups excluding carboxylic acids is 1. The summed E-state index contributed by atoms with van der Waals surface area (Å²) < 4.78 is 11.3. The molecule has 0 radical (unpaired) electrons. The van der Waals surface area contributed by atoms with Crippen molar-refractivity contribution in [2.75, 3.05) is 18.5 Å². The number of benzene rings is 1. The summed E-state index contributed by atoms with van der Waals surface area (Å²) in [7, 11) is 0. The van der Waals surface area contributed by atoms with E-state index in [9.17, 15) is 10.1 Å².